The minimum absolute atomic E-state index is 0.786. The van der Waals surface area contributed by atoms with Crippen LogP contribution in [0.2, 0.25) is 0 Å². The Balaban J connectivity index is 2.31. The number of hydrogen-bond donors (Lipinski definition) is 1. The Labute approximate surface area is 92.5 Å². The van der Waals surface area contributed by atoms with Crippen LogP contribution in [0.3, 0.4) is 0 Å². The maximum atomic E-state index is 4.46. The molecule has 2 nitrogen and oxygen atoms in total. The van der Waals surface area contributed by atoms with Gasteiger partial charge in [-0.1, -0.05) is 6.07 Å². The van der Waals surface area contributed by atoms with Crippen molar-refractivity contribution in [1.82, 2.24) is 9.97 Å². The van der Waals surface area contributed by atoms with Crippen LogP contribution in [0.15, 0.2) is 29.8 Å². The van der Waals surface area contributed by atoms with Gasteiger partial charge >= 0.3 is 0 Å². The molecule has 0 saturated carbocycles. The van der Waals surface area contributed by atoms with Crippen molar-refractivity contribution in [1.29, 1.82) is 0 Å². The van der Waals surface area contributed by atoms with Crippen LogP contribution in [0.1, 0.15) is 5.82 Å². The zero-order valence-corrected chi connectivity index (χ0v) is 9.26. The Morgan fingerprint density at radius 2 is 2.29 bits per heavy atom. The van der Waals surface area contributed by atoms with Crippen molar-refractivity contribution >= 4 is 24.0 Å². The average molecular weight is 222 g/mol. The summed E-state index contributed by atoms with van der Waals surface area (Å²) in [6, 6.07) is 6.03. The molecule has 72 valence electrons. The highest BCUT2D eigenvalue weighted by atomic mass is 32.1. The van der Waals surface area contributed by atoms with E-state index in [9.17, 15) is 0 Å². The normalized spacial score (nSPS) is 10.4. The molecule has 0 amide bonds. The summed E-state index contributed by atoms with van der Waals surface area (Å²) in [7, 11) is 0. The highest BCUT2D eigenvalue weighted by Gasteiger charge is 2.01. The molecule has 4 heteroatoms. The van der Waals surface area contributed by atoms with E-state index in [4.69, 9.17) is 0 Å². The Kier molecular flexibility index (Phi) is 3.16. The lowest BCUT2D eigenvalue weighted by atomic mass is 10.3. The minimum atomic E-state index is 0.786. The quantitative estimate of drug-likeness (QED) is 0.808. The van der Waals surface area contributed by atoms with Crippen molar-refractivity contribution in [3.63, 3.8) is 0 Å². The Hall–Kier alpha value is -0.870. The van der Waals surface area contributed by atoms with Crippen molar-refractivity contribution in [2.45, 2.75) is 6.42 Å². The van der Waals surface area contributed by atoms with E-state index in [-0.39, 0.29) is 0 Å². The Bertz CT molecular complexity index is 398. The van der Waals surface area contributed by atoms with Crippen molar-refractivity contribution in [2.75, 3.05) is 5.75 Å². The van der Waals surface area contributed by atoms with Crippen LogP contribution in [-0.4, -0.2) is 15.7 Å². The van der Waals surface area contributed by atoms with Gasteiger partial charge in [0.05, 0.1) is 10.6 Å². The van der Waals surface area contributed by atoms with Gasteiger partial charge in [0.25, 0.3) is 0 Å². The van der Waals surface area contributed by atoms with E-state index < -0.39 is 0 Å². The molecule has 14 heavy (non-hydrogen) atoms. The maximum Gasteiger partial charge on any atom is 0.129 e. The van der Waals surface area contributed by atoms with Gasteiger partial charge in [-0.3, -0.25) is 0 Å². The molecule has 0 aliphatic rings. The van der Waals surface area contributed by atoms with E-state index in [1.54, 1.807) is 17.5 Å². The SMILES string of the molecule is SCCc1nccc(-c2cccs2)n1. The second kappa shape index (κ2) is 4.57. The van der Waals surface area contributed by atoms with Gasteiger partial charge in [0.2, 0.25) is 0 Å². The summed E-state index contributed by atoms with van der Waals surface area (Å²) in [4.78, 5) is 9.83. The Morgan fingerprint density at radius 3 is 3.00 bits per heavy atom. The Morgan fingerprint density at radius 1 is 1.36 bits per heavy atom. The largest absolute Gasteiger partial charge is 0.241 e. The van der Waals surface area contributed by atoms with Crippen LogP contribution in [0.25, 0.3) is 10.6 Å². The fraction of sp³-hybridized carbons (Fsp3) is 0.200. The van der Waals surface area contributed by atoms with Crippen molar-refractivity contribution < 1.29 is 0 Å². The topological polar surface area (TPSA) is 25.8 Å². The summed E-state index contributed by atoms with van der Waals surface area (Å²) < 4.78 is 0. The van der Waals surface area contributed by atoms with Gasteiger partial charge in [-0.05, 0) is 23.3 Å². The van der Waals surface area contributed by atoms with Crippen LogP contribution in [0.5, 0.6) is 0 Å². The van der Waals surface area contributed by atoms with Gasteiger partial charge in [0.15, 0.2) is 0 Å². The third kappa shape index (κ3) is 2.13. The van der Waals surface area contributed by atoms with Gasteiger partial charge in [-0.2, -0.15) is 12.6 Å². The molecule has 0 aromatic carbocycles. The first kappa shape index (κ1) is 9.68. The number of aromatic nitrogens is 2. The molecule has 0 fully saturated rings. The monoisotopic (exact) mass is 222 g/mol. The first-order valence-corrected chi connectivity index (χ1v) is 5.88. The molecule has 0 aliphatic heterocycles. The molecule has 0 atom stereocenters. The molecule has 2 heterocycles. The summed E-state index contributed by atoms with van der Waals surface area (Å²) in [5.41, 5.74) is 1.01. The van der Waals surface area contributed by atoms with E-state index in [2.05, 4.69) is 34.0 Å². The van der Waals surface area contributed by atoms with Gasteiger partial charge in [-0.25, -0.2) is 9.97 Å². The molecule has 2 aromatic heterocycles. The van der Waals surface area contributed by atoms with Crippen LogP contribution >= 0.6 is 24.0 Å². The summed E-state index contributed by atoms with van der Waals surface area (Å²) in [5.74, 6) is 1.65. The molecule has 0 radical (unpaired) electrons. The number of aryl methyl sites for hydroxylation is 1. The zero-order chi connectivity index (χ0) is 9.80. The first-order chi connectivity index (χ1) is 6.90. The number of hydrogen-bond acceptors (Lipinski definition) is 4. The first-order valence-electron chi connectivity index (χ1n) is 4.37. The molecular weight excluding hydrogens is 212 g/mol. The van der Waals surface area contributed by atoms with Gasteiger partial charge in [-0.15, -0.1) is 11.3 Å². The summed E-state index contributed by atoms with van der Waals surface area (Å²) >= 11 is 5.86. The number of thiol groups is 1. The molecule has 2 rings (SSSR count). The van der Waals surface area contributed by atoms with E-state index in [0.717, 1.165) is 23.7 Å². The summed E-state index contributed by atoms with van der Waals surface area (Å²) in [6.45, 7) is 0. The average Bonchev–Trinajstić information content (AvgIpc) is 2.71. The van der Waals surface area contributed by atoms with Crippen molar-refractivity contribution in [3.05, 3.63) is 35.6 Å². The highest BCUT2D eigenvalue weighted by molar-refractivity contribution is 7.80. The molecule has 0 unspecified atom stereocenters. The number of rotatable bonds is 3. The predicted molar refractivity (Wildman–Crippen MR) is 62.9 cm³/mol. The van der Waals surface area contributed by atoms with Crippen molar-refractivity contribution in [3.8, 4) is 10.6 Å². The zero-order valence-electron chi connectivity index (χ0n) is 7.55. The summed E-state index contributed by atoms with van der Waals surface area (Å²) in [5, 5.41) is 2.05. The maximum absolute atomic E-state index is 4.46. The molecule has 0 bridgehead atoms. The van der Waals surface area contributed by atoms with Crippen LogP contribution in [0.4, 0.5) is 0 Å². The van der Waals surface area contributed by atoms with E-state index in [1.165, 1.54) is 4.88 Å². The third-order valence-electron chi connectivity index (χ3n) is 1.81. The minimum Gasteiger partial charge on any atom is -0.241 e. The predicted octanol–water partition coefficient (Wildman–Crippen LogP) is 2.68. The molecule has 0 aliphatic carbocycles. The standard InChI is InChI=1S/C10H10N2S2/c13-6-4-10-11-5-3-8(12-10)9-2-1-7-14-9/h1-3,5,7,13H,4,6H2. The molecule has 2 aromatic rings. The van der Waals surface area contributed by atoms with Gasteiger partial charge in [0.1, 0.15) is 5.82 Å². The lowest BCUT2D eigenvalue weighted by molar-refractivity contribution is 0.954. The van der Waals surface area contributed by atoms with Crippen LogP contribution < -0.4 is 0 Å². The molecular formula is C10H10N2S2. The van der Waals surface area contributed by atoms with Crippen LogP contribution in [0, 0.1) is 0 Å². The number of nitrogens with zero attached hydrogens (tertiary/aromatic N) is 2. The number of thiophene rings is 1. The second-order valence-electron chi connectivity index (χ2n) is 2.81. The highest BCUT2D eigenvalue weighted by Crippen LogP contribution is 2.21. The summed E-state index contributed by atoms with van der Waals surface area (Å²) in [6.07, 6.45) is 2.63. The van der Waals surface area contributed by atoms with E-state index in [1.807, 2.05) is 12.1 Å². The third-order valence-corrected chi connectivity index (χ3v) is 2.93. The van der Waals surface area contributed by atoms with E-state index in [0.29, 0.717) is 0 Å². The smallest absolute Gasteiger partial charge is 0.129 e. The molecule has 0 N–H and O–H groups in total. The van der Waals surface area contributed by atoms with Gasteiger partial charge in [0, 0.05) is 12.6 Å². The fourth-order valence-electron chi connectivity index (χ4n) is 1.18. The molecule has 0 saturated heterocycles. The van der Waals surface area contributed by atoms with Gasteiger partial charge < -0.3 is 0 Å². The van der Waals surface area contributed by atoms with Crippen LogP contribution in [-0.2, 0) is 6.42 Å². The lowest BCUT2D eigenvalue weighted by Crippen LogP contribution is -1.96. The molecule has 0 spiro atoms. The van der Waals surface area contributed by atoms with Crippen molar-refractivity contribution in [2.24, 2.45) is 0 Å². The lowest BCUT2D eigenvalue weighted by Gasteiger charge is -1.99. The fourth-order valence-corrected chi connectivity index (χ4v) is 2.08. The second-order valence-corrected chi connectivity index (χ2v) is 4.20. The van der Waals surface area contributed by atoms with E-state index >= 15 is 0 Å².